The van der Waals surface area contributed by atoms with Crippen molar-refractivity contribution in [1.29, 1.82) is 0 Å². The van der Waals surface area contributed by atoms with Crippen LogP contribution in [0.3, 0.4) is 0 Å². The molecule has 34 heavy (non-hydrogen) atoms. The molecule has 0 radical (unpaired) electrons. The molecular weight excluding hydrogens is 441 g/mol. The monoisotopic (exact) mass is 475 g/mol. The van der Waals surface area contributed by atoms with E-state index in [9.17, 15) is 18.8 Å². The van der Waals surface area contributed by atoms with Crippen molar-refractivity contribution in [2.75, 3.05) is 46.5 Å². The Hall–Kier alpha value is -2.68. The minimum Gasteiger partial charge on any atom is -0.497 e. The van der Waals surface area contributed by atoms with Crippen LogP contribution in [0.4, 0.5) is 4.39 Å². The van der Waals surface area contributed by atoms with Crippen LogP contribution >= 0.6 is 0 Å². The lowest BCUT2D eigenvalue weighted by Crippen LogP contribution is -2.50. The quantitative estimate of drug-likeness (QED) is 0.651. The van der Waals surface area contributed by atoms with Gasteiger partial charge in [0.05, 0.1) is 26.2 Å². The number of carbonyl (C=O) groups is 3. The van der Waals surface area contributed by atoms with Crippen molar-refractivity contribution in [3.63, 3.8) is 0 Å². The van der Waals surface area contributed by atoms with Gasteiger partial charge in [0, 0.05) is 44.6 Å². The zero-order valence-corrected chi connectivity index (χ0v) is 19.8. The fourth-order valence-electron chi connectivity index (χ4n) is 5.31. The predicted molar refractivity (Wildman–Crippen MR) is 123 cm³/mol. The molecule has 186 valence electrons. The van der Waals surface area contributed by atoms with Gasteiger partial charge < -0.3 is 24.6 Å². The molecule has 2 unspecified atom stereocenters. The normalized spacial score (nSPS) is 25.2. The topological polar surface area (TPSA) is 88.2 Å². The summed E-state index contributed by atoms with van der Waals surface area (Å²) in [5, 5.41) is 3.02. The molecule has 2 atom stereocenters. The molecule has 3 aliphatic heterocycles. The Morgan fingerprint density at radius 1 is 1.24 bits per heavy atom. The van der Waals surface area contributed by atoms with E-state index in [1.54, 1.807) is 17.0 Å². The second-order valence-electron chi connectivity index (χ2n) is 9.58. The maximum Gasteiger partial charge on any atom is 0.227 e. The molecule has 0 saturated carbocycles. The van der Waals surface area contributed by atoms with E-state index in [0.717, 1.165) is 12.8 Å². The highest BCUT2D eigenvalue weighted by Crippen LogP contribution is 2.32. The number of morpholine rings is 1. The Labute approximate surface area is 199 Å². The summed E-state index contributed by atoms with van der Waals surface area (Å²) in [4.78, 5) is 41.7. The van der Waals surface area contributed by atoms with Crippen LogP contribution < -0.4 is 10.1 Å². The number of piperidine rings is 1. The minimum absolute atomic E-state index is 0.0221. The first-order chi connectivity index (χ1) is 16.4. The van der Waals surface area contributed by atoms with Crippen LogP contribution in [0, 0.1) is 11.7 Å². The molecule has 0 aliphatic carbocycles. The number of halogens is 1. The lowest BCUT2D eigenvalue weighted by Gasteiger charge is -2.37. The van der Waals surface area contributed by atoms with Gasteiger partial charge in [-0.05, 0) is 55.9 Å². The number of likely N-dealkylation sites (tertiary alicyclic amines) is 1. The van der Waals surface area contributed by atoms with Crippen molar-refractivity contribution >= 4 is 17.7 Å². The lowest BCUT2D eigenvalue weighted by atomic mass is 9.84. The molecule has 0 bridgehead atoms. The van der Waals surface area contributed by atoms with Gasteiger partial charge >= 0.3 is 0 Å². The molecule has 0 spiro atoms. The molecule has 1 aromatic carbocycles. The van der Waals surface area contributed by atoms with Gasteiger partial charge in [0.1, 0.15) is 11.6 Å². The number of ether oxygens (including phenoxy) is 2. The zero-order valence-electron chi connectivity index (χ0n) is 19.8. The largest absolute Gasteiger partial charge is 0.497 e. The van der Waals surface area contributed by atoms with Gasteiger partial charge in [-0.15, -0.1) is 0 Å². The molecule has 3 saturated heterocycles. The molecule has 1 aromatic rings. The van der Waals surface area contributed by atoms with E-state index in [4.69, 9.17) is 9.47 Å². The third-order valence-electron chi connectivity index (χ3n) is 7.28. The fraction of sp³-hybridized carbons (Fsp3) is 0.640. The molecule has 3 fully saturated rings. The number of benzene rings is 1. The van der Waals surface area contributed by atoms with Gasteiger partial charge in [-0.1, -0.05) is 0 Å². The Kier molecular flexibility index (Phi) is 7.70. The summed E-state index contributed by atoms with van der Waals surface area (Å²) < 4.78 is 25.1. The second kappa shape index (κ2) is 10.7. The first kappa shape index (κ1) is 24.4. The minimum atomic E-state index is -0.668. The van der Waals surface area contributed by atoms with Gasteiger partial charge in [-0.25, -0.2) is 4.39 Å². The van der Waals surface area contributed by atoms with E-state index in [1.165, 1.54) is 13.2 Å². The molecule has 8 nitrogen and oxygen atoms in total. The van der Waals surface area contributed by atoms with Crippen molar-refractivity contribution in [3.05, 3.63) is 29.6 Å². The molecule has 4 rings (SSSR count). The summed E-state index contributed by atoms with van der Waals surface area (Å²) in [5.41, 5.74) is -0.207. The van der Waals surface area contributed by atoms with E-state index in [-0.39, 0.29) is 35.9 Å². The molecule has 1 N–H and O–H groups in total. The zero-order chi connectivity index (χ0) is 24.1. The Balaban J connectivity index is 1.38. The SMILES string of the molecule is COc1ccc(F)c(CC2(CCC(=O)N3CCCC(C(=O)N4CCOCC4)C3)CCC(=O)N2)c1. The molecular formula is C25H34FN3O5. The number of hydrogen-bond donors (Lipinski definition) is 1. The van der Waals surface area contributed by atoms with Gasteiger partial charge in [-0.2, -0.15) is 0 Å². The van der Waals surface area contributed by atoms with Crippen LogP contribution in [0.5, 0.6) is 5.75 Å². The van der Waals surface area contributed by atoms with Crippen molar-refractivity contribution < 1.29 is 28.2 Å². The van der Waals surface area contributed by atoms with Crippen LogP contribution in [0.25, 0.3) is 0 Å². The van der Waals surface area contributed by atoms with Crippen molar-refractivity contribution in [2.24, 2.45) is 5.92 Å². The van der Waals surface area contributed by atoms with E-state index in [0.29, 0.717) is 76.4 Å². The van der Waals surface area contributed by atoms with E-state index in [2.05, 4.69) is 5.32 Å². The van der Waals surface area contributed by atoms with Crippen molar-refractivity contribution in [2.45, 2.75) is 50.5 Å². The molecule has 3 amide bonds. The van der Waals surface area contributed by atoms with Gasteiger partial charge in [-0.3, -0.25) is 14.4 Å². The first-order valence-electron chi connectivity index (χ1n) is 12.2. The summed E-state index contributed by atoms with van der Waals surface area (Å²) in [5.74, 6) is 0.0241. The van der Waals surface area contributed by atoms with Crippen LogP contribution in [0.1, 0.15) is 44.1 Å². The van der Waals surface area contributed by atoms with Gasteiger partial charge in [0.15, 0.2) is 0 Å². The van der Waals surface area contributed by atoms with Crippen LogP contribution in [-0.4, -0.2) is 79.6 Å². The maximum atomic E-state index is 14.5. The number of nitrogens with one attached hydrogen (secondary N) is 1. The van der Waals surface area contributed by atoms with Gasteiger partial charge in [0.2, 0.25) is 17.7 Å². The highest BCUT2D eigenvalue weighted by atomic mass is 19.1. The maximum absolute atomic E-state index is 14.5. The Morgan fingerprint density at radius 3 is 2.74 bits per heavy atom. The van der Waals surface area contributed by atoms with E-state index >= 15 is 0 Å². The highest BCUT2D eigenvalue weighted by molar-refractivity contribution is 5.82. The average Bonchev–Trinajstić information content (AvgIpc) is 3.24. The van der Waals surface area contributed by atoms with Crippen molar-refractivity contribution in [3.8, 4) is 5.75 Å². The Bertz CT molecular complexity index is 920. The smallest absolute Gasteiger partial charge is 0.227 e. The second-order valence-corrected chi connectivity index (χ2v) is 9.58. The number of carbonyl (C=O) groups excluding carboxylic acids is 3. The number of methoxy groups -OCH3 is 1. The van der Waals surface area contributed by atoms with Crippen molar-refractivity contribution in [1.82, 2.24) is 15.1 Å². The number of hydrogen-bond acceptors (Lipinski definition) is 5. The van der Waals surface area contributed by atoms with Crippen LogP contribution in [-0.2, 0) is 25.5 Å². The van der Waals surface area contributed by atoms with E-state index < -0.39 is 5.54 Å². The molecule has 3 aliphatic rings. The van der Waals surface area contributed by atoms with Crippen LogP contribution in [0.15, 0.2) is 18.2 Å². The van der Waals surface area contributed by atoms with E-state index in [1.807, 2.05) is 4.90 Å². The number of amides is 3. The summed E-state index contributed by atoms with van der Waals surface area (Å²) in [6.07, 6.45) is 3.45. The molecule has 0 aromatic heterocycles. The predicted octanol–water partition coefficient (Wildman–Crippen LogP) is 1.90. The lowest BCUT2D eigenvalue weighted by molar-refractivity contribution is -0.144. The third kappa shape index (κ3) is 5.68. The summed E-state index contributed by atoms with van der Waals surface area (Å²) in [6.45, 7) is 3.39. The first-order valence-corrected chi connectivity index (χ1v) is 12.2. The Morgan fingerprint density at radius 2 is 2.03 bits per heavy atom. The third-order valence-corrected chi connectivity index (χ3v) is 7.28. The van der Waals surface area contributed by atoms with Crippen LogP contribution in [0.2, 0.25) is 0 Å². The van der Waals surface area contributed by atoms with Gasteiger partial charge in [0.25, 0.3) is 0 Å². The number of rotatable bonds is 7. The fourth-order valence-corrected chi connectivity index (χ4v) is 5.31. The standard InChI is InChI=1S/C25H34FN3O5/c1-33-20-4-5-21(26)19(15-20)16-25(8-6-22(30)27-25)9-7-23(31)29-10-2-3-18(17-29)24(32)28-11-13-34-14-12-28/h4-5,15,18H,2-3,6-14,16-17H2,1H3,(H,27,30). The summed E-state index contributed by atoms with van der Waals surface area (Å²) >= 11 is 0. The number of nitrogens with zero attached hydrogens (tertiary/aromatic N) is 2. The summed E-state index contributed by atoms with van der Waals surface area (Å²) in [7, 11) is 1.53. The molecule has 3 heterocycles. The highest BCUT2D eigenvalue weighted by Gasteiger charge is 2.39. The molecule has 9 heteroatoms. The summed E-state index contributed by atoms with van der Waals surface area (Å²) in [6, 6.07) is 4.58. The average molecular weight is 476 g/mol.